The fourth-order valence-corrected chi connectivity index (χ4v) is 2.25. The number of hydrogen-bond donors (Lipinski definition) is 0. The fraction of sp³-hybridized carbons (Fsp3) is 0.118. The SMILES string of the molecule is Cc1noc(-c2ccccc2C(=O)C(C#N)c2ccccn2)n1. The van der Waals surface area contributed by atoms with Gasteiger partial charge in [0.05, 0.1) is 17.3 Å². The maximum Gasteiger partial charge on any atom is 0.258 e. The second-order valence-electron chi connectivity index (χ2n) is 4.87. The minimum Gasteiger partial charge on any atom is -0.334 e. The molecule has 0 fully saturated rings. The summed E-state index contributed by atoms with van der Waals surface area (Å²) in [5.74, 6) is -0.605. The summed E-state index contributed by atoms with van der Waals surface area (Å²) in [4.78, 5) is 21.1. The summed E-state index contributed by atoms with van der Waals surface area (Å²) in [5, 5.41) is 13.2. The monoisotopic (exact) mass is 304 g/mol. The van der Waals surface area contributed by atoms with Crippen LogP contribution in [0, 0.1) is 18.3 Å². The lowest BCUT2D eigenvalue weighted by Crippen LogP contribution is -2.13. The van der Waals surface area contributed by atoms with Crippen LogP contribution in [-0.2, 0) is 0 Å². The largest absolute Gasteiger partial charge is 0.334 e. The molecule has 0 spiro atoms. The number of aryl methyl sites for hydroxylation is 1. The van der Waals surface area contributed by atoms with Crippen LogP contribution < -0.4 is 0 Å². The highest BCUT2D eigenvalue weighted by Crippen LogP contribution is 2.27. The second kappa shape index (κ2) is 6.20. The molecule has 2 aromatic heterocycles. The van der Waals surface area contributed by atoms with Gasteiger partial charge in [-0.05, 0) is 25.1 Å². The molecule has 1 aromatic carbocycles. The van der Waals surface area contributed by atoms with Gasteiger partial charge >= 0.3 is 0 Å². The van der Waals surface area contributed by atoms with Gasteiger partial charge in [-0.2, -0.15) is 10.2 Å². The van der Waals surface area contributed by atoms with Gasteiger partial charge < -0.3 is 4.52 Å². The Bertz CT molecular complexity index is 881. The number of rotatable bonds is 4. The average molecular weight is 304 g/mol. The molecular weight excluding hydrogens is 292 g/mol. The zero-order valence-electron chi connectivity index (χ0n) is 12.3. The molecule has 6 nitrogen and oxygen atoms in total. The molecule has 0 aliphatic rings. The van der Waals surface area contributed by atoms with Crippen molar-refractivity contribution < 1.29 is 9.32 Å². The standard InChI is InChI=1S/C17H12N4O2/c1-11-20-17(23-21-11)13-7-3-2-6-12(13)16(22)14(10-18)15-8-4-5-9-19-15/h2-9,14H,1H3. The van der Waals surface area contributed by atoms with Crippen LogP contribution in [0.15, 0.2) is 53.2 Å². The van der Waals surface area contributed by atoms with Crippen LogP contribution in [0.4, 0.5) is 0 Å². The molecule has 0 aliphatic carbocycles. The van der Waals surface area contributed by atoms with Crippen LogP contribution in [0.1, 0.15) is 27.8 Å². The van der Waals surface area contributed by atoms with E-state index in [4.69, 9.17) is 4.52 Å². The number of ketones is 1. The van der Waals surface area contributed by atoms with Crippen LogP contribution in [0.2, 0.25) is 0 Å². The van der Waals surface area contributed by atoms with Crippen LogP contribution in [0.25, 0.3) is 11.5 Å². The predicted octanol–water partition coefficient (Wildman–Crippen LogP) is 2.93. The highest BCUT2D eigenvalue weighted by Gasteiger charge is 2.26. The molecule has 0 saturated carbocycles. The Balaban J connectivity index is 2.05. The molecule has 0 aliphatic heterocycles. The maximum atomic E-state index is 12.8. The summed E-state index contributed by atoms with van der Waals surface area (Å²) in [6.07, 6.45) is 1.56. The van der Waals surface area contributed by atoms with Crippen molar-refractivity contribution in [3.63, 3.8) is 0 Å². The third-order valence-corrected chi connectivity index (χ3v) is 3.33. The van der Waals surface area contributed by atoms with E-state index in [1.165, 1.54) is 0 Å². The number of hydrogen-bond acceptors (Lipinski definition) is 6. The highest BCUT2D eigenvalue weighted by molar-refractivity contribution is 6.06. The molecule has 0 N–H and O–H groups in total. The Hall–Kier alpha value is -3.33. The summed E-state index contributed by atoms with van der Waals surface area (Å²) in [6, 6.07) is 14.0. The van der Waals surface area contributed by atoms with Crippen LogP contribution in [-0.4, -0.2) is 20.9 Å². The van der Waals surface area contributed by atoms with E-state index < -0.39 is 5.92 Å². The molecule has 0 bridgehead atoms. The molecule has 0 saturated heterocycles. The third kappa shape index (κ3) is 2.85. The minimum absolute atomic E-state index is 0.254. The van der Waals surface area contributed by atoms with Gasteiger partial charge in [0.25, 0.3) is 5.89 Å². The van der Waals surface area contributed by atoms with Gasteiger partial charge in [0, 0.05) is 11.8 Å². The minimum atomic E-state index is -0.985. The van der Waals surface area contributed by atoms with Gasteiger partial charge in [-0.25, -0.2) is 0 Å². The van der Waals surface area contributed by atoms with Crippen molar-refractivity contribution in [1.82, 2.24) is 15.1 Å². The van der Waals surface area contributed by atoms with Crippen molar-refractivity contribution in [2.45, 2.75) is 12.8 Å². The summed E-state index contributed by atoms with van der Waals surface area (Å²) < 4.78 is 5.15. The number of Topliss-reactive ketones (excluding diaryl/α,β-unsaturated/α-hetero) is 1. The van der Waals surface area contributed by atoms with Gasteiger partial charge in [-0.1, -0.05) is 29.4 Å². The van der Waals surface area contributed by atoms with E-state index in [9.17, 15) is 10.1 Å². The smallest absolute Gasteiger partial charge is 0.258 e. The van der Waals surface area contributed by atoms with E-state index in [0.29, 0.717) is 22.6 Å². The number of benzene rings is 1. The maximum absolute atomic E-state index is 12.8. The number of carbonyl (C=O) groups is 1. The first-order valence-electron chi connectivity index (χ1n) is 6.95. The molecule has 23 heavy (non-hydrogen) atoms. The molecule has 3 rings (SSSR count). The van der Waals surface area contributed by atoms with Crippen LogP contribution >= 0.6 is 0 Å². The number of nitrogens with zero attached hydrogens (tertiary/aromatic N) is 4. The first-order chi connectivity index (χ1) is 11.2. The van der Waals surface area contributed by atoms with Crippen molar-refractivity contribution >= 4 is 5.78 Å². The summed E-state index contributed by atoms with van der Waals surface area (Å²) >= 11 is 0. The van der Waals surface area contributed by atoms with Gasteiger partial charge in [0.1, 0.15) is 0 Å². The number of carbonyl (C=O) groups excluding carboxylic acids is 1. The zero-order chi connectivity index (χ0) is 16.2. The molecule has 1 unspecified atom stereocenters. The lowest BCUT2D eigenvalue weighted by Gasteiger charge is -2.09. The molecule has 2 heterocycles. The van der Waals surface area contributed by atoms with Gasteiger partial charge in [-0.3, -0.25) is 9.78 Å². The summed E-state index contributed by atoms with van der Waals surface area (Å²) in [6.45, 7) is 1.70. The molecule has 6 heteroatoms. The Morgan fingerprint density at radius 3 is 2.65 bits per heavy atom. The number of aromatic nitrogens is 3. The first kappa shape index (κ1) is 14.6. The van der Waals surface area contributed by atoms with Gasteiger partial charge in [0.15, 0.2) is 17.5 Å². The van der Waals surface area contributed by atoms with Gasteiger partial charge in [-0.15, -0.1) is 0 Å². The van der Waals surface area contributed by atoms with Crippen LogP contribution in [0.3, 0.4) is 0 Å². The van der Waals surface area contributed by atoms with E-state index >= 15 is 0 Å². The molecular formula is C17H12N4O2. The molecule has 3 aromatic rings. The fourth-order valence-electron chi connectivity index (χ4n) is 2.25. The lowest BCUT2D eigenvalue weighted by molar-refractivity contribution is 0.0978. The van der Waals surface area contributed by atoms with Crippen molar-refractivity contribution in [2.24, 2.45) is 0 Å². The van der Waals surface area contributed by atoms with E-state index in [1.54, 1.807) is 55.6 Å². The number of pyridine rings is 1. The van der Waals surface area contributed by atoms with Crippen molar-refractivity contribution in [3.8, 4) is 17.5 Å². The zero-order valence-corrected chi connectivity index (χ0v) is 12.3. The van der Waals surface area contributed by atoms with Gasteiger partial charge in [0.2, 0.25) is 0 Å². The summed E-state index contributed by atoms with van der Waals surface area (Å²) in [7, 11) is 0. The Morgan fingerprint density at radius 1 is 1.22 bits per heavy atom. The average Bonchev–Trinajstić information content (AvgIpc) is 3.03. The Morgan fingerprint density at radius 2 is 2.00 bits per heavy atom. The lowest BCUT2D eigenvalue weighted by atomic mass is 9.92. The number of nitriles is 1. The molecule has 0 amide bonds. The Labute approximate surface area is 132 Å². The topological polar surface area (TPSA) is 92.7 Å². The van der Waals surface area contributed by atoms with Crippen molar-refractivity contribution in [1.29, 1.82) is 5.26 Å². The second-order valence-corrected chi connectivity index (χ2v) is 4.87. The third-order valence-electron chi connectivity index (χ3n) is 3.33. The van der Waals surface area contributed by atoms with Crippen molar-refractivity contribution in [3.05, 3.63) is 65.7 Å². The van der Waals surface area contributed by atoms with E-state index in [1.807, 2.05) is 6.07 Å². The Kier molecular flexibility index (Phi) is 3.93. The first-order valence-corrected chi connectivity index (χ1v) is 6.95. The molecule has 1 atom stereocenters. The van der Waals surface area contributed by atoms with E-state index in [2.05, 4.69) is 15.1 Å². The van der Waals surface area contributed by atoms with E-state index in [-0.39, 0.29) is 11.7 Å². The normalized spacial score (nSPS) is 11.7. The van der Waals surface area contributed by atoms with Crippen LogP contribution in [0.5, 0.6) is 0 Å². The van der Waals surface area contributed by atoms with Crippen molar-refractivity contribution in [2.75, 3.05) is 0 Å². The quantitative estimate of drug-likeness (QED) is 0.688. The predicted molar refractivity (Wildman–Crippen MR) is 81.4 cm³/mol. The van der Waals surface area contributed by atoms with E-state index in [0.717, 1.165) is 0 Å². The molecule has 0 radical (unpaired) electrons. The highest BCUT2D eigenvalue weighted by atomic mass is 16.5. The summed E-state index contributed by atoms with van der Waals surface area (Å²) in [5.41, 5.74) is 1.28. The molecule has 112 valence electrons.